The van der Waals surface area contributed by atoms with Crippen LogP contribution in [0.5, 0.6) is 0 Å². The van der Waals surface area contributed by atoms with E-state index in [1.54, 1.807) is 0 Å². The molecule has 1 atom stereocenters. The maximum absolute atomic E-state index is 5.66. The van der Waals surface area contributed by atoms with Gasteiger partial charge in [-0.05, 0) is 36.2 Å². The number of fused-ring (bicyclic) bond motifs is 1. The largest absolute Gasteiger partial charge is 0.326 e. The highest BCUT2D eigenvalue weighted by Crippen LogP contribution is 2.40. The fourth-order valence-electron chi connectivity index (χ4n) is 3.02. The Morgan fingerprint density at radius 1 is 1.24 bits per heavy atom. The Balaban J connectivity index is 1.86. The Morgan fingerprint density at radius 3 is 2.57 bits per heavy atom. The van der Waals surface area contributed by atoms with Crippen LogP contribution in [-0.4, -0.2) is 4.98 Å². The monoisotopic (exact) mass is 300 g/mol. The molecule has 0 saturated carbocycles. The Kier molecular flexibility index (Phi) is 3.89. The van der Waals surface area contributed by atoms with E-state index in [0.29, 0.717) is 12.0 Å². The van der Waals surface area contributed by atoms with E-state index in [9.17, 15) is 0 Å². The number of benzene rings is 1. The summed E-state index contributed by atoms with van der Waals surface area (Å²) in [5.41, 5.74) is 9.78. The van der Waals surface area contributed by atoms with Crippen molar-refractivity contribution in [2.24, 2.45) is 17.1 Å². The van der Waals surface area contributed by atoms with Gasteiger partial charge in [0.05, 0.1) is 5.69 Å². The second-order valence-electron chi connectivity index (χ2n) is 7.10. The summed E-state index contributed by atoms with van der Waals surface area (Å²) in [6, 6.07) is 8.50. The zero-order valence-electron chi connectivity index (χ0n) is 13.1. The Morgan fingerprint density at radius 2 is 1.95 bits per heavy atom. The van der Waals surface area contributed by atoms with Crippen LogP contribution in [0.4, 0.5) is 0 Å². The minimum atomic E-state index is 0.393. The molecule has 3 heteroatoms. The average Bonchev–Trinajstić information content (AvgIpc) is 2.89. The molecule has 1 aliphatic rings. The van der Waals surface area contributed by atoms with Gasteiger partial charge >= 0.3 is 0 Å². The molecule has 2 aromatic rings. The minimum Gasteiger partial charge on any atom is -0.326 e. The minimum absolute atomic E-state index is 0.393. The standard InChI is InChI=1S/C18H24N2S/c1-18(2,3)14-8-9-15-16(10-14)21-17(20-15)13-6-4-12(11-19)5-7-13/h4-7,14H,8-11,19H2,1-3H3. The third-order valence-electron chi connectivity index (χ3n) is 4.60. The highest BCUT2D eigenvalue weighted by atomic mass is 32.1. The Hall–Kier alpha value is -1.19. The number of rotatable bonds is 2. The highest BCUT2D eigenvalue weighted by molar-refractivity contribution is 7.15. The summed E-state index contributed by atoms with van der Waals surface area (Å²) in [4.78, 5) is 6.38. The molecule has 2 N–H and O–H groups in total. The average molecular weight is 300 g/mol. The molecule has 1 aromatic heterocycles. The van der Waals surface area contributed by atoms with Gasteiger partial charge in [-0.3, -0.25) is 0 Å². The van der Waals surface area contributed by atoms with Gasteiger partial charge in [-0.25, -0.2) is 4.98 Å². The molecule has 1 unspecified atom stereocenters. The van der Waals surface area contributed by atoms with E-state index in [-0.39, 0.29) is 0 Å². The first-order valence-corrected chi connectivity index (χ1v) is 8.57. The lowest BCUT2D eigenvalue weighted by Crippen LogP contribution is -2.26. The lowest BCUT2D eigenvalue weighted by Gasteiger charge is -2.33. The molecule has 1 aliphatic carbocycles. The second kappa shape index (κ2) is 5.54. The van der Waals surface area contributed by atoms with Crippen LogP contribution in [0.1, 0.15) is 43.3 Å². The molecule has 0 amide bonds. The molecule has 0 saturated heterocycles. The maximum atomic E-state index is 5.66. The predicted molar refractivity (Wildman–Crippen MR) is 90.4 cm³/mol. The Bertz CT molecular complexity index is 620. The van der Waals surface area contributed by atoms with Crippen molar-refractivity contribution in [3.8, 4) is 10.6 Å². The van der Waals surface area contributed by atoms with Gasteiger partial charge in [0, 0.05) is 17.0 Å². The molecular weight excluding hydrogens is 276 g/mol. The van der Waals surface area contributed by atoms with E-state index in [1.165, 1.54) is 34.5 Å². The van der Waals surface area contributed by atoms with Crippen LogP contribution in [0.15, 0.2) is 24.3 Å². The summed E-state index contributed by atoms with van der Waals surface area (Å²) in [6.07, 6.45) is 3.60. The van der Waals surface area contributed by atoms with Gasteiger partial charge in [0.25, 0.3) is 0 Å². The number of hydrogen-bond donors (Lipinski definition) is 1. The molecule has 112 valence electrons. The lowest BCUT2D eigenvalue weighted by atomic mass is 9.73. The van der Waals surface area contributed by atoms with Crippen molar-refractivity contribution in [1.82, 2.24) is 4.98 Å². The SMILES string of the molecule is CC(C)(C)C1CCc2nc(-c3ccc(CN)cc3)sc2C1. The Labute approximate surface area is 131 Å². The molecule has 0 spiro atoms. The molecule has 1 aromatic carbocycles. The van der Waals surface area contributed by atoms with Crippen molar-refractivity contribution < 1.29 is 0 Å². The molecule has 0 aliphatic heterocycles. The van der Waals surface area contributed by atoms with Crippen LogP contribution in [0.25, 0.3) is 10.6 Å². The molecule has 3 rings (SSSR count). The van der Waals surface area contributed by atoms with E-state index >= 15 is 0 Å². The van der Waals surface area contributed by atoms with Gasteiger partial charge in [-0.1, -0.05) is 45.0 Å². The zero-order valence-corrected chi connectivity index (χ0v) is 14.0. The fraction of sp³-hybridized carbons (Fsp3) is 0.500. The van der Waals surface area contributed by atoms with E-state index in [4.69, 9.17) is 10.7 Å². The quantitative estimate of drug-likeness (QED) is 0.891. The highest BCUT2D eigenvalue weighted by Gasteiger charge is 2.30. The van der Waals surface area contributed by atoms with Crippen molar-refractivity contribution in [3.05, 3.63) is 40.4 Å². The van der Waals surface area contributed by atoms with Crippen LogP contribution in [0.2, 0.25) is 0 Å². The van der Waals surface area contributed by atoms with Crippen LogP contribution in [-0.2, 0) is 19.4 Å². The first kappa shape index (κ1) is 14.7. The predicted octanol–water partition coefficient (Wildman–Crippen LogP) is 4.42. The number of nitrogens with zero attached hydrogens (tertiary/aromatic N) is 1. The fourth-order valence-corrected chi connectivity index (χ4v) is 4.21. The van der Waals surface area contributed by atoms with E-state index in [1.807, 2.05) is 11.3 Å². The van der Waals surface area contributed by atoms with Gasteiger partial charge < -0.3 is 5.73 Å². The number of thiazole rings is 1. The molecule has 21 heavy (non-hydrogen) atoms. The molecule has 0 fully saturated rings. The van der Waals surface area contributed by atoms with Crippen molar-refractivity contribution in [1.29, 1.82) is 0 Å². The number of nitrogens with two attached hydrogens (primary N) is 1. The summed E-state index contributed by atoms with van der Waals surface area (Å²) in [5, 5.41) is 1.16. The van der Waals surface area contributed by atoms with Crippen molar-refractivity contribution in [2.75, 3.05) is 0 Å². The first-order chi connectivity index (χ1) is 9.97. The molecular formula is C18H24N2S. The second-order valence-corrected chi connectivity index (χ2v) is 8.18. The normalized spacial score (nSPS) is 18.6. The maximum Gasteiger partial charge on any atom is 0.123 e. The van der Waals surface area contributed by atoms with Crippen LogP contribution >= 0.6 is 11.3 Å². The van der Waals surface area contributed by atoms with Crippen LogP contribution in [0.3, 0.4) is 0 Å². The first-order valence-electron chi connectivity index (χ1n) is 7.75. The van der Waals surface area contributed by atoms with Gasteiger partial charge in [0.1, 0.15) is 5.01 Å². The summed E-state index contributed by atoms with van der Waals surface area (Å²) in [7, 11) is 0. The van der Waals surface area contributed by atoms with Crippen LogP contribution < -0.4 is 5.73 Å². The van der Waals surface area contributed by atoms with E-state index in [2.05, 4.69) is 45.0 Å². The van der Waals surface area contributed by atoms with Gasteiger partial charge in [-0.2, -0.15) is 0 Å². The third kappa shape index (κ3) is 3.04. The summed E-state index contributed by atoms with van der Waals surface area (Å²) in [5.74, 6) is 0.776. The summed E-state index contributed by atoms with van der Waals surface area (Å²) < 4.78 is 0. The zero-order chi connectivity index (χ0) is 15.0. The number of aromatic nitrogens is 1. The van der Waals surface area contributed by atoms with E-state index < -0.39 is 0 Å². The van der Waals surface area contributed by atoms with Crippen molar-refractivity contribution >= 4 is 11.3 Å². The van der Waals surface area contributed by atoms with Gasteiger partial charge in [0.2, 0.25) is 0 Å². The summed E-state index contributed by atoms with van der Waals surface area (Å²) in [6.45, 7) is 7.67. The number of hydrogen-bond acceptors (Lipinski definition) is 3. The van der Waals surface area contributed by atoms with E-state index in [0.717, 1.165) is 17.3 Å². The topological polar surface area (TPSA) is 38.9 Å². The smallest absolute Gasteiger partial charge is 0.123 e. The molecule has 0 bridgehead atoms. The van der Waals surface area contributed by atoms with Crippen LogP contribution in [0, 0.1) is 11.3 Å². The third-order valence-corrected chi connectivity index (χ3v) is 5.77. The summed E-state index contributed by atoms with van der Waals surface area (Å²) >= 11 is 1.88. The molecule has 1 heterocycles. The van der Waals surface area contributed by atoms with Gasteiger partial charge in [0.15, 0.2) is 0 Å². The molecule has 0 radical (unpaired) electrons. The lowest BCUT2D eigenvalue weighted by molar-refractivity contribution is 0.217. The molecule has 2 nitrogen and oxygen atoms in total. The van der Waals surface area contributed by atoms with Crippen molar-refractivity contribution in [2.45, 2.75) is 46.6 Å². The van der Waals surface area contributed by atoms with Crippen molar-refractivity contribution in [3.63, 3.8) is 0 Å². The number of aryl methyl sites for hydroxylation is 1. The van der Waals surface area contributed by atoms with Gasteiger partial charge in [-0.15, -0.1) is 11.3 Å².